The van der Waals surface area contributed by atoms with E-state index in [0.29, 0.717) is 0 Å². The fourth-order valence-corrected chi connectivity index (χ4v) is 2.88. The Bertz CT molecular complexity index is 599. The highest BCUT2D eigenvalue weighted by atomic mass is 16.2. The van der Waals surface area contributed by atoms with Crippen LogP contribution in [0.4, 0.5) is 5.82 Å². The Morgan fingerprint density at radius 1 is 1.33 bits per heavy atom. The maximum Gasteiger partial charge on any atom is 0.239 e. The number of aromatic nitrogens is 2. The highest BCUT2D eigenvalue weighted by Gasteiger charge is 2.73. The molecule has 18 heavy (non-hydrogen) atoms. The molecule has 2 heterocycles. The average Bonchev–Trinajstić information content (AvgIpc) is 2.55. The van der Waals surface area contributed by atoms with Crippen molar-refractivity contribution < 1.29 is 9.59 Å². The Labute approximate surface area is 104 Å². The summed E-state index contributed by atoms with van der Waals surface area (Å²) in [7, 11) is 1.65. The summed E-state index contributed by atoms with van der Waals surface area (Å²) in [6, 6.07) is 1.96. The first-order valence-corrected chi connectivity index (χ1v) is 5.71. The van der Waals surface area contributed by atoms with Crippen molar-refractivity contribution in [1.29, 1.82) is 5.26 Å². The van der Waals surface area contributed by atoms with E-state index in [1.165, 1.54) is 10.9 Å². The molecule has 3 rings (SSSR count). The van der Waals surface area contributed by atoms with Crippen molar-refractivity contribution in [1.82, 2.24) is 9.78 Å². The number of fused-ring (bicyclic) bond motifs is 1. The van der Waals surface area contributed by atoms with E-state index in [2.05, 4.69) is 5.10 Å². The maximum absolute atomic E-state index is 12.2. The van der Waals surface area contributed by atoms with E-state index in [9.17, 15) is 9.59 Å². The molecule has 6 heteroatoms. The van der Waals surface area contributed by atoms with Crippen molar-refractivity contribution in [2.45, 2.75) is 13.8 Å². The van der Waals surface area contributed by atoms with E-state index in [0.717, 1.165) is 4.90 Å². The van der Waals surface area contributed by atoms with Crippen LogP contribution in [0.3, 0.4) is 0 Å². The molecular formula is C12H12N4O2. The largest absolute Gasteiger partial charge is 0.274 e. The van der Waals surface area contributed by atoms with E-state index in [4.69, 9.17) is 5.26 Å². The lowest BCUT2D eigenvalue weighted by molar-refractivity contribution is -0.125. The summed E-state index contributed by atoms with van der Waals surface area (Å²) in [5, 5.41) is 13.0. The van der Waals surface area contributed by atoms with Gasteiger partial charge in [0, 0.05) is 13.2 Å². The number of nitrogens with zero attached hydrogens (tertiary/aromatic N) is 4. The molecule has 0 spiro atoms. The van der Waals surface area contributed by atoms with E-state index in [1.807, 2.05) is 19.9 Å². The van der Waals surface area contributed by atoms with Crippen LogP contribution >= 0.6 is 0 Å². The number of amides is 2. The van der Waals surface area contributed by atoms with Gasteiger partial charge >= 0.3 is 0 Å². The standard InChI is InChI=1S/C12H12N4O2/c1-12(2)7-8(12)11(18)16(10(7)17)9-6(4-13)5-15(3)14-9/h5,7-8H,1-3H3. The molecule has 2 fully saturated rings. The molecular weight excluding hydrogens is 232 g/mol. The molecule has 0 bridgehead atoms. The monoisotopic (exact) mass is 244 g/mol. The fraction of sp³-hybridized carbons (Fsp3) is 0.500. The van der Waals surface area contributed by atoms with Crippen molar-refractivity contribution in [3.63, 3.8) is 0 Å². The molecule has 0 radical (unpaired) electrons. The van der Waals surface area contributed by atoms with Gasteiger partial charge in [-0.2, -0.15) is 10.4 Å². The summed E-state index contributed by atoms with van der Waals surface area (Å²) in [5.41, 5.74) is 0.00464. The first kappa shape index (κ1) is 11.0. The summed E-state index contributed by atoms with van der Waals surface area (Å²) in [6.45, 7) is 3.83. The third kappa shape index (κ3) is 1.09. The van der Waals surface area contributed by atoms with Gasteiger partial charge in [0.15, 0.2) is 5.82 Å². The van der Waals surface area contributed by atoms with Gasteiger partial charge in [0.1, 0.15) is 11.6 Å². The van der Waals surface area contributed by atoms with Crippen LogP contribution in [0.1, 0.15) is 19.4 Å². The van der Waals surface area contributed by atoms with Crippen LogP contribution in [0.5, 0.6) is 0 Å². The Balaban J connectivity index is 2.04. The summed E-state index contributed by atoms with van der Waals surface area (Å²) >= 11 is 0. The lowest BCUT2D eigenvalue weighted by Gasteiger charge is -2.18. The van der Waals surface area contributed by atoms with E-state index < -0.39 is 0 Å². The van der Waals surface area contributed by atoms with E-state index in [1.54, 1.807) is 7.05 Å². The van der Waals surface area contributed by atoms with Crippen LogP contribution in [0.25, 0.3) is 0 Å². The van der Waals surface area contributed by atoms with Crippen molar-refractivity contribution >= 4 is 17.6 Å². The van der Waals surface area contributed by atoms with Crippen LogP contribution in [0, 0.1) is 28.6 Å². The van der Waals surface area contributed by atoms with E-state index in [-0.39, 0.29) is 40.4 Å². The number of anilines is 1. The molecule has 1 aliphatic carbocycles. The highest BCUT2D eigenvalue weighted by molar-refractivity contribution is 6.25. The second kappa shape index (κ2) is 2.99. The molecule has 0 aromatic carbocycles. The second-order valence-electron chi connectivity index (χ2n) is 5.44. The predicted molar refractivity (Wildman–Crippen MR) is 61.2 cm³/mol. The van der Waals surface area contributed by atoms with Gasteiger partial charge in [-0.1, -0.05) is 13.8 Å². The van der Waals surface area contributed by atoms with Crippen molar-refractivity contribution in [3.8, 4) is 6.07 Å². The zero-order valence-corrected chi connectivity index (χ0v) is 10.3. The quantitative estimate of drug-likeness (QED) is 0.671. The zero-order valence-electron chi connectivity index (χ0n) is 10.3. The molecule has 1 aromatic heterocycles. The number of nitriles is 1. The summed E-state index contributed by atoms with van der Waals surface area (Å²) < 4.78 is 1.43. The molecule has 2 unspecified atom stereocenters. The van der Waals surface area contributed by atoms with Crippen LogP contribution in [-0.4, -0.2) is 21.6 Å². The molecule has 2 aliphatic rings. The van der Waals surface area contributed by atoms with Gasteiger partial charge in [-0.25, -0.2) is 4.90 Å². The minimum absolute atomic E-state index is 0.165. The Morgan fingerprint density at radius 2 is 1.89 bits per heavy atom. The molecule has 92 valence electrons. The van der Waals surface area contributed by atoms with Gasteiger partial charge in [-0.3, -0.25) is 14.3 Å². The van der Waals surface area contributed by atoms with Crippen molar-refractivity contribution in [2.24, 2.45) is 24.3 Å². The van der Waals surface area contributed by atoms with Gasteiger partial charge < -0.3 is 0 Å². The normalized spacial score (nSPS) is 28.2. The number of carbonyl (C=O) groups excluding carboxylic acids is 2. The minimum Gasteiger partial charge on any atom is -0.274 e. The number of hydrogen-bond donors (Lipinski definition) is 0. The van der Waals surface area contributed by atoms with Gasteiger partial charge in [-0.05, 0) is 5.41 Å². The molecule has 2 amide bonds. The van der Waals surface area contributed by atoms with Gasteiger partial charge in [0.05, 0.1) is 11.8 Å². The molecule has 1 aromatic rings. The van der Waals surface area contributed by atoms with Gasteiger partial charge in [-0.15, -0.1) is 0 Å². The molecule has 6 nitrogen and oxygen atoms in total. The first-order chi connectivity index (χ1) is 8.39. The number of carbonyl (C=O) groups is 2. The molecule has 1 aliphatic heterocycles. The minimum atomic E-state index is -0.251. The Hall–Kier alpha value is -2.16. The van der Waals surface area contributed by atoms with Crippen LogP contribution < -0.4 is 4.90 Å². The molecule has 1 saturated heterocycles. The highest BCUT2D eigenvalue weighted by Crippen LogP contribution is 2.63. The van der Waals surface area contributed by atoms with Gasteiger partial charge in [0.2, 0.25) is 11.8 Å². The third-order valence-corrected chi connectivity index (χ3v) is 3.94. The molecule has 2 atom stereocenters. The molecule has 1 saturated carbocycles. The van der Waals surface area contributed by atoms with E-state index >= 15 is 0 Å². The van der Waals surface area contributed by atoms with Gasteiger partial charge in [0.25, 0.3) is 0 Å². The first-order valence-electron chi connectivity index (χ1n) is 5.71. The fourth-order valence-electron chi connectivity index (χ4n) is 2.88. The number of imide groups is 1. The summed E-state index contributed by atoms with van der Waals surface area (Å²) in [4.78, 5) is 25.5. The lowest BCUT2D eigenvalue weighted by atomic mass is 10.1. The maximum atomic E-state index is 12.2. The smallest absolute Gasteiger partial charge is 0.239 e. The Kier molecular flexibility index (Phi) is 1.82. The predicted octanol–water partition coefficient (Wildman–Crippen LogP) is 0.437. The number of rotatable bonds is 1. The number of aryl methyl sites for hydroxylation is 1. The molecule has 0 N–H and O–H groups in total. The lowest BCUT2D eigenvalue weighted by Crippen LogP contribution is -2.37. The summed E-state index contributed by atoms with van der Waals surface area (Å²) in [6.07, 6.45) is 1.50. The average molecular weight is 244 g/mol. The van der Waals surface area contributed by atoms with Crippen LogP contribution in [0.2, 0.25) is 0 Å². The Morgan fingerprint density at radius 3 is 2.39 bits per heavy atom. The van der Waals surface area contributed by atoms with Crippen LogP contribution in [-0.2, 0) is 16.6 Å². The van der Waals surface area contributed by atoms with Crippen molar-refractivity contribution in [2.75, 3.05) is 4.90 Å². The topological polar surface area (TPSA) is 79.0 Å². The number of piperidine rings is 1. The second-order valence-corrected chi connectivity index (χ2v) is 5.44. The third-order valence-electron chi connectivity index (χ3n) is 3.94. The summed E-state index contributed by atoms with van der Waals surface area (Å²) in [5.74, 6) is -0.800. The number of hydrogen-bond acceptors (Lipinski definition) is 4. The SMILES string of the molecule is Cn1cc(C#N)c(N2C(=O)C3C(C2=O)C3(C)C)n1. The zero-order chi connectivity index (χ0) is 13.2. The van der Waals surface area contributed by atoms with Crippen molar-refractivity contribution in [3.05, 3.63) is 11.8 Å². The van der Waals surface area contributed by atoms with Crippen LogP contribution in [0.15, 0.2) is 6.20 Å².